The molecule has 0 amide bonds. The number of aliphatic hydroxyl groups is 1. The smallest absolute Gasteiger partial charge is 0.302 e. The maximum Gasteiger partial charge on any atom is 0.302 e. The Morgan fingerprint density at radius 3 is 2.43 bits per heavy atom. The van der Waals surface area contributed by atoms with E-state index in [2.05, 4.69) is 6.92 Å². The van der Waals surface area contributed by atoms with Crippen LogP contribution in [-0.2, 0) is 19.1 Å². The highest BCUT2D eigenvalue weighted by Gasteiger charge is 2.68. The van der Waals surface area contributed by atoms with Gasteiger partial charge in [0.05, 0.1) is 0 Å². The molecule has 0 aromatic heterocycles. The minimum absolute atomic E-state index is 0.0110. The standard InChI is InChI=1S/C23H34O5/c1-13(24)23(27)10-8-18-17-6-5-15-11-16(28-14(2)25)7-9-21(15,3)20(17)19(26)12-22(18,23)4/h15-18,20,27H,5-12H2,1-4H3/t15?,16-,17-,18-,20+,21-,22-,23-/m0/s1. The van der Waals surface area contributed by atoms with Crippen LogP contribution in [0, 0.1) is 34.5 Å². The van der Waals surface area contributed by atoms with Crippen LogP contribution in [0.15, 0.2) is 0 Å². The minimum Gasteiger partial charge on any atom is -0.463 e. The van der Waals surface area contributed by atoms with E-state index in [0.717, 1.165) is 38.5 Å². The lowest BCUT2D eigenvalue weighted by Gasteiger charge is -2.60. The van der Waals surface area contributed by atoms with E-state index in [1.54, 1.807) is 0 Å². The molecule has 0 radical (unpaired) electrons. The van der Waals surface area contributed by atoms with Crippen LogP contribution in [0.3, 0.4) is 0 Å². The topological polar surface area (TPSA) is 80.7 Å². The molecule has 4 rings (SSSR count). The molecule has 8 atom stereocenters. The van der Waals surface area contributed by atoms with Crippen LogP contribution in [0.2, 0.25) is 0 Å². The van der Waals surface area contributed by atoms with Gasteiger partial charge in [0.2, 0.25) is 0 Å². The molecule has 5 heteroatoms. The van der Waals surface area contributed by atoms with E-state index in [0.29, 0.717) is 18.8 Å². The van der Waals surface area contributed by atoms with Crippen molar-refractivity contribution >= 4 is 17.5 Å². The molecule has 1 unspecified atom stereocenters. The van der Waals surface area contributed by atoms with E-state index in [1.807, 2.05) is 6.92 Å². The van der Waals surface area contributed by atoms with Crippen molar-refractivity contribution in [2.45, 2.75) is 90.8 Å². The van der Waals surface area contributed by atoms with Gasteiger partial charge in [0, 0.05) is 24.7 Å². The third-order valence-corrected chi connectivity index (χ3v) is 9.37. The summed E-state index contributed by atoms with van der Waals surface area (Å²) in [4.78, 5) is 37.2. The monoisotopic (exact) mass is 390 g/mol. The first-order chi connectivity index (χ1) is 13.0. The highest BCUT2D eigenvalue weighted by Crippen LogP contribution is 2.67. The number of hydrogen-bond acceptors (Lipinski definition) is 5. The Morgan fingerprint density at radius 2 is 1.79 bits per heavy atom. The summed E-state index contributed by atoms with van der Waals surface area (Å²) >= 11 is 0. The van der Waals surface area contributed by atoms with Crippen LogP contribution < -0.4 is 0 Å². The lowest BCUT2D eigenvalue weighted by atomic mass is 9.44. The molecule has 4 saturated carbocycles. The fourth-order valence-electron chi connectivity index (χ4n) is 7.96. The second kappa shape index (κ2) is 6.38. The van der Waals surface area contributed by atoms with E-state index in [9.17, 15) is 19.5 Å². The first-order valence-electron chi connectivity index (χ1n) is 11.0. The average Bonchev–Trinajstić information content (AvgIpc) is 2.86. The molecule has 4 aliphatic carbocycles. The summed E-state index contributed by atoms with van der Waals surface area (Å²) in [6.45, 7) is 7.18. The van der Waals surface area contributed by atoms with Crippen molar-refractivity contribution in [3.63, 3.8) is 0 Å². The molecule has 0 bridgehead atoms. The molecule has 0 heterocycles. The summed E-state index contributed by atoms with van der Waals surface area (Å²) in [5, 5.41) is 11.2. The van der Waals surface area contributed by atoms with Gasteiger partial charge < -0.3 is 9.84 Å². The lowest BCUT2D eigenvalue weighted by Crippen LogP contribution is -2.61. The second-order valence-electron chi connectivity index (χ2n) is 10.5. The largest absolute Gasteiger partial charge is 0.463 e. The Hall–Kier alpha value is -1.23. The number of carbonyl (C=O) groups excluding carboxylic acids is 3. The van der Waals surface area contributed by atoms with Crippen LogP contribution in [0.1, 0.15) is 79.1 Å². The van der Waals surface area contributed by atoms with Crippen molar-refractivity contribution < 1.29 is 24.2 Å². The number of carbonyl (C=O) groups is 3. The Kier molecular flexibility index (Phi) is 4.57. The molecular formula is C23H34O5. The van der Waals surface area contributed by atoms with Gasteiger partial charge in [0.15, 0.2) is 5.78 Å². The number of hydrogen-bond donors (Lipinski definition) is 1. The van der Waals surface area contributed by atoms with E-state index in [1.165, 1.54) is 13.8 Å². The highest BCUT2D eigenvalue weighted by atomic mass is 16.5. The molecule has 28 heavy (non-hydrogen) atoms. The number of ether oxygens (including phenoxy) is 1. The van der Waals surface area contributed by atoms with Gasteiger partial charge in [0.25, 0.3) is 0 Å². The summed E-state index contributed by atoms with van der Waals surface area (Å²) in [5.74, 6) is 0.722. The number of Topliss-reactive ketones (excluding diaryl/α,β-unsaturated/α-hetero) is 2. The molecule has 0 aromatic rings. The molecule has 1 N–H and O–H groups in total. The third-order valence-electron chi connectivity index (χ3n) is 9.37. The maximum atomic E-state index is 13.5. The van der Waals surface area contributed by atoms with E-state index in [4.69, 9.17) is 4.74 Å². The quantitative estimate of drug-likeness (QED) is 0.730. The number of fused-ring (bicyclic) bond motifs is 5. The van der Waals surface area contributed by atoms with Crippen molar-refractivity contribution in [1.82, 2.24) is 0 Å². The molecule has 0 spiro atoms. The van der Waals surface area contributed by atoms with Gasteiger partial charge in [-0.05, 0) is 75.0 Å². The number of rotatable bonds is 2. The fourth-order valence-corrected chi connectivity index (χ4v) is 7.96. The molecule has 4 fully saturated rings. The molecule has 0 saturated heterocycles. The summed E-state index contributed by atoms with van der Waals surface area (Å²) in [6.07, 6.45) is 6.19. The van der Waals surface area contributed by atoms with E-state index in [-0.39, 0.29) is 46.8 Å². The maximum absolute atomic E-state index is 13.5. The zero-order valence-electron chi connectivity index (χ0n) is 17.6. The van der Waals surface area contributed by atoms with Crippen molar-refractivity contribution in [2.75, 3.05) is 0 Å². The van der Waals surface area contributed by atoms with Gasteiger partial charge in [-0.2, -0.15) is 0 Å². The van der Waals surface area contributed by atoms with Crippen molar-refractivity contribution in [3.05, 3.63) is 0 Å². The van der Waals surface area contributed by atoms with Gasteiger partial charge in [-0.25, -0.2) is 0 Å². The van der Waals surface area contributed by atoms with Crippen LogP contribution >= 0.6 is 0 Å². The summed E-state index contributed by atoms with van der Waals surface area (Å²) in [5.41, 5.74) is -2.05. The fraction of sp³-hybridized carbons (Fsp3) is 0.870. The summed E-state index contributed by atoms with van der Waals surface area (Å²) < 4.78 is 5.49. The van der Waals surface area contributed by atoms with Crippen molar-refractivity contribution in [1.29, 1.82) is 0 Å². The SMILES string of the molecule is CC(=O)O[C@H]1CC[C@@]2(C)C(CC[C@@H]3[C@@H]2C(=O)C[C@@]2(C)[C@H]3CC[C@]2(O)C(C)=O)C1. The van der Waals surface area contributed by atoms with E-state index >= 15 is 0 Å². The summed E-state index contributed by atoms with van der Waals surface area (Å²) in [6, 6.07) is 0. The first kappa shape index (κ1) is 20.1. The molecule has 4 aliphatic rings. The highest BCUT2D eigenvalue weighted by molar-refractivity contribution is 5.90. The number of ketones is 2. The lowest BCUT2D eigenvalue weighted by molar-refractivity contribution is -0.181. The normalized spacial score (nSPS) is 50.3. The van der Waals surface area contributed by atoms with E-state index < -0.39 is 11.0 Å². The van der Waals surface area contributed by atoms with Crippen LogP contribution in [0.4, 0.5) is 0 Å². The second-order valence-corrected chi connectivity index (χ2v) is 10.5. The molecule has 156 valence electrons. The number of esters is 1. The van der Waals surface area contributed by atoms with Gasteiger partial charge in [-0.1, -0.05) is 13.8 Å². The predicted octanol–water partition coefficient (Wildman–Crippen LogP) is 3.46. The minimum atomic E-state index is -1.36. The predicted molar refractivity (Wildman–Crippen MR) is 103 cm³/mol. The van der Waals surface area contributed by atoms with Crippen LogP contribution in [-0.4, -0.2) is 34.3 Å². The average molecular weight is 391 g/mol. The van der Waals surface area contributed by atoms with Gasteiger partial charge in [0.1, 0.15) is 17.5 Å². The zero-order valence-corrected chi connectivity index (χ0v) is 17.6. The summed E-state index contributed by atoms with van der Waals surface area (Å²) in [7, 11) is 0. The molecular weight excluding hydrogens is 356 g/mol. The Bertz CT molecular complexity index is 716. The Balaban J connectivity index is 1.63. The zero-order chi connectivity index (χ0) is 20.5. The molecule has 0 aromatic carbocycles. The van der Waals surface area contributed by atoms with Crippen molar-refractivity contribution in [2.24, 2.45) is 34.5 Å². The van der Waals surface area contributed by atoms with Crippen molar-refractivity contribution in [3.8, 4) is 0 Å². The third kappa shape index (κ3) is 2.57. The van der Waals surface area contributed by atoms with Crippen LogP contribution in [0.25, 0.3) is 0 Å². The van der Waals surface area contributed by atoms with Gasteiger partial charge in [-0.15, -0.1) is 0 Å². The molecule has 5 nitrogen and oxygen atoms in total. The first-order valence-corrected chi connectivity index (χ1v) is 11.0. The Morgan fingerprint density at radius 1 is 1.07 bits per heavy atom. The van der Waals surface area contributed by atoms with Gasteiger partial charge >= 0.3 is 5.97 Å². The van der Waals surface area contributed by atoms with Gasteiger partial charge in [-0.3, -0.25) is 14.4 Å². The molecule has 0 aliphatic heterocycles. The van der Waals surface area contributed by atoms with Crippen LogP contribution in [0.5, 0.6) is 0 Å². The Labute approximate surface area is 167 Å².